The van der Waals surface area contributed by atoms with Crippen LogP contribution < -0.4 is 5.32 Å². The molecule has 150 valence electrons. The summed E-state index contributed by atoms with van der Waals surface area (Å²) < 4.78 is 37.6. The monoisotopic (exact) mass is 402 g/mol. The maximum absolute atomic E-state index is 12.5. The van der Waals surface area contributed by atoms with Crippen LogP contribution in [0.3, 0.4) is 0 Å². The fourth-order valence-corrected chi connectivity index (χ4v) is 5.12. The highest BCUT2D eigenvalue weighted by molar-refractivity contribution is 7.16. The fraction of sp³-hybridized carbons (Fsp3) is 0.684. The molecule has 1 N–H and O–H groups in total. The molecule has 8 heteroatoms. The van der Waals surface area contributed by atoms with E-state index < -0.39 is 22.7 Å². The topological polar surface area (TPSA) is 49.4 Å². The van der Waals surface area contributed by atoms with Crippen molar-refractivity contribution < 1.29 is 22.8 Å². The molecule has 1 aromatic rings. The summed E-state index contributed by atoms with van der Waals surface area (Å²) in [6.07, 6.45) is 4.21. The van der Waals surface area contributed by atoms with Gasteiger partial charge in [-0.3, -0.25) is 14.5 Å². The lowest BCUT2D eigenvalue weighted by molar-refractivity contribution is -0.0882. The molecule has 0 radical (unpaired) electrons. The number of alkyl halides is 3. The lowest BCUT2D eigenvalue weighted by atomic mass is 9.79. The summed E-state index contributed by atoms with van der Waals surface area (Å²) in [5.41, 5.74) is -0.0454. The Hall–Kier alpha value is -1.41. The molecular formula is C19H25F3N2O2S. The SMILES string of the molecule is O=C(NCC1(N2CCCCC2)CCCCC1)c1ccc(C(=O)C(F)(F)F)s1. The van der Waals surface area contributed by atoms with Gasteiger partial charge in [-0.15, -0.1) is 11.3 Å². The fourth-order valence-electron chi connectivity index (χ4n) is 4.24. The van der Waals surface area contributed by atoms with Gasteiger partial charge in [0.2, 0.25) is 0 Å². The largest absolute Gasteiger partial charge is 0.455 e. The number of nitrogens with zero attached hydrogens (tertiary/aromatic N) is 1. The van der Waals surface area contributed by atoms with Crippen molar-refractivity contribution in [2.45, 2.75) is 63.1 Å². The zero-order valence-corrected chi connectivity index (χ0v) is 16.1. The van der Waals surface area contributed by atoms with Crippen LogP contribution in [0, 0.1) is 0 Å². The smallest absolute Gasteiger partial charge is 0.349 e. The van der Waals surface area contributed by atoms with E-state index in [2.05, 4.69) is 10.2 Å². The highest BCUT2D eigenvalue weighted by Gasteiger charge is 2.41. The molecule has 4 nitrogen and oxygen atoms in total. The van der Waals surface area contributed by atoms with Gasteiger partial charge in [0.15, 0.2) is 0 Å². The Kier molecular flexibility index (Phi) is 6.25. The maximum atomic E-state index is 12.5. The summed E-state index contributed by atoms with van der Waals surface area (Å²) >= 11 is 0.602. The Morgan fingerprint density at radius 1 is 1.00 bits per heavy atom. The minimum absolute atomic E-state index is 0.0454. The first-order valence-electron chi connectivity index (χ1n) is 9.56. The van der Waals surface area contributed by atoms with E-state index in [1.165, 1.54) is 31.7 Å². The number of thiophene rings is 1. The first-order chi connectivity index (χ1) is 12.8. The van der Waals surface area contributed by atoms with Gasteiger partial charge < -0.3 is 5.32 Å². The number of amides is 1. The molecule has 1 saturated heterocycles. The molecule has 1 aliphatic heterocycles. The summed E-state index contributed by atoms with van der Waals surface area (Å²) in [7, 11) is 0. The van der Waals surface area contributed by atoms with E-state index in [9.17, 15) is 22.8 Å². The molecule has 0 aromatic carbocycles. The summed E-state index contributed by atoms with van der Waals surface area (Å²) in [5, 5.41) is 2.94. The van der Waals surface area contributed by atoms with Crippen LogP contribution in [-0.4, -0.2) is 47.9 Å². The van der Waals surface area contributed by atoms with Gasteiger partial charge in [-0.05, 0) is 50.9 Å². The van der Waals surface area contributed by atoms with Gasteiger partial charge in [0, 0.05) is 12.1 Å². The van der Waals surface area contributed by atoms with E-state index in [0.29, 0.717) is 17.9 Å². The van der Waals surface area contributed by atoms with Gasteiger partial charge in [-0.25, -0.2) is 0 Å². The number of likely N-dealkylation sites (tertiary alicyclic amines) is 1. The van der Waals surface area contributed by atoms with Gasteiger partial charge in [-0.2, -0.15) is 13.2 Å². The number of halogens is 3. The lowest BCUT2D eigenvalue weighted by Gasteiger charge is -2.48. The van der Waals surface area contributed by atoms with Crippen molar-refractivity contribution >= 4 is 23.0 Å². The number of hydrogen-bond acceptors (Lipinski definition) is 4. The van der Waals surface area contributed by atoms with Crippen LogP contribution in [0.4, 0.5) is 13.2 Å². The van der Waals surface area contributed by atoms with Gasteiger partial charge >= 0.3 is 6.18 Å². The second kappa shape index (κ2) is 8.31. The number of nitrogens with one attached hydrogen (secondary N) is 1. The standard InChI is InChI=1S/C19H25F3N2O2S/c20-19(21,22)16(25)14-7-8-15(27-14)17(26)23-13-18(9-3-1-4-10-18)24-11-5-2-6-12-24/h7-8H,1-6,9-13H2,(H,23,26). The van der Waals surface area contributed by atoms with Gasteiger partial charge in [-0.1, -0.05) is 25.7 Å². The highest BCUT2D eigenvalue weighted by Crippen LogP contribution is 2.35. The Balaban J connectivity index is 1.66. The van der Waals surface area contributed by atoms with Gasteiger partial charge in [0.25, 0.3) is 11.7 Å². The Morgan fingerprint density at radius 2 is 1.59 bits per heavy atom. The third-order valence-corrected chi connectivity index (χ3v) is 6.78. The third kappa shape index (κ3) is 4.71. The second-order valence-corrected chi connectivity index (χ2v) is 8.59. The number of Topliss-reactive ketones (excluding diaryl/α,β-unsaturated/α-hetero) is 1. The minimum atomic E-state index is -4.92. The molecule has 27 heavy (non-hydrogen) atoms. The molecular weight excluding hydrogens is 377 g/mol. The molecule has 0 unspecified atom stereocenters. The second-order valence-electron chi connectivity index (χ2n) is 7.51. The predicted molar refractivity (Wildman–Crippen MR) is 98.3 cm³/mol. The average Bonchev–Trinajstić information content (AvgIpc) is 3.16. The number of piperidine rings is 1. The summed E-state index contributed by atoms with van der Waals surface area (Å²) in [5.74, 6) is -2.30. The molecule has 1 saturated carbocycles. The quantitative estimate of drug-likeness (QED) is 0.742. The molecule has 0 atom stereocenters. The number of ketones is 1. The van der Waals surface area contributed by atoms with E-state index in [-0.39, 0.29) is 10.4 Å². The molecule has 0 bridgehead atoms. The van der Waals surface area contributed by atoms with E-state index in [4.69, 9.17) is 0 Å². The molecule has 3 rings (SSSR count). The van der Waals surface area contributed by atoms with Crippen molar-refractivity contribution in [3.63, 3.8) is 0 Å². The summed E-state index contributed by atoms with van der Waals surface area (Å²) in [6, 6.07) is 2.38. The third-order valence-electron chi connectivity index (χ3n) is 5.70. The first-order valence-corrected chi connectivity index (χ1v) is 10.4. The highest BCUT2D eigenvalue weighted by atomic mass is 32.1. The van der Waals surface area contributed by atoms with Crippen LogP contribution in [0.5, 0.6) is 0 Å². The van der Waals surface area contributed by atoms with Crippen LogP contribution in [0.1, 0.15) is 70.7 Å². The number of carbonyl (C=O) groups is 2. The number of rotatable bonds is 5. The van der Waals surface area contributed by atoms with E-state index >= 15 is 0 Å². The lowest BCUT2D eigenvalue weighted by Crippen LogP contribution is -2.58. The van der Waals surface area contributed by atoms with E-state index in [1.807, 2.05) is 0 Å². The molecule has 2 heterocycles. The average molecular weight is 402 g/mol. The maximum Gasteiger partial charge on any atom is 0.455 e. The van der Waals surface area contributed by atoms with Crippen molar-refractivity contribution in [3.8, 4) is 0 Å². The molecule has 0 spiro atoms. The van der Waals surface area contributed by atoms with Crippen LogP contribution in [0.15, 0.2) is 12.1 Å². The summed E-state index contributed by atoms with van der Waals surface area (Å²) in [6.45, 7) is 2.59. The number of hydrogen-bond donors (Lipinski definition) is 1. The Labute approximate surface area is 161 Å². The molecule has 1 aromatic heterocycles. The van der Waals surface area contributed by atoms with Crippen LogP contribution in [0.25, 0.3) is 0 Å². The van der Waals surface area contributed by atoms with E-state index in [1.54, 1.807) is 0 Å². The summed E-state index contributed by atoms with van der Waals surface area (Å²) in [4.78, 5) is 26.0. The minimum Gasteiger partial charge on any atom is -0.349 e. The van der Waals surface area contributed by atoms with Crippen molar-refractivity contribution in [3.05, 3.63) is 21.9 Å². The van der Waals surface area contributed by atoms with Crippen molar-refractivity contribution in [1.29, 1.82) is 0 Å². The molecule has 2 aliphatic rings. The Bertz CT molecular complexity index is 675. The van der Waals surface area contributed by atoms with Crippen LogP contribution in [0.2, 0.25) is 0 Å². The molecule has 1 aliphatic carbocycles. The normalized spacial score (nSPS) is 21.0. The van der Waals surface area contributed by atoms with E-state index in [0.717, 1.165) is 44.8 Å². The Morgan fingerprint density at radius 3 is 2.22 bits per heavy atom. The first kappa shape index (κ1) is 20.3. The zero-order chi connectivity index (χ0) is 19.5. The van der Waals surface area contributed by atoms with Crippen molar-refractivity contribution in [1.82, 2.24) is 10.2 Å². The van der Waals surface area contributed by atoms with Crippen LogP contribution in [-0.2, 0) is 0 Å². The van der Waals surface area contributed by atoms with Gasteiger partial charge in [0.1, 0.15) is 0 Å². The number of carbonyl (C=O) groups excluding carboxylic acids is 2. The molecule has 1 amide bonds. The van der Waals surface area contributed by atoms with Crippen LogP contribution >= 0.6 is 11.3 Å². The zero-order valence-electron chi connectivity index (χ0n) is 15.2. The predicted octanol–water partition coefficient (Wildman–Crippen LogP) is 4.41. The van der Waals surface area contributed by atoms with Gasteiger partial charge in [0.05, 0.1) is 9.75 Å². The van der Waals surface area contributed by atoms with Crippen molar-refractivity contribution in [2.75, 3.05) is 19.6 Å². The van der Waals surface area contributed by atoms with Crippen molar-refractivity contribution in [2.24, 2.45) is 0 Å². The molecule has 2 fully saturated rings.